The molecule has 0 unspecified atom stereocenters. The Balaban J connectivity index is 1.68. The summed E-state index contributed by atoms with van der Waals surface area (Å²) in [5.41, 5.74) is 3.01. The summed E-state index contributed by atoms with van der Waals surface area (Å²) in [6.45, 7) is 8.10. The number of hydrogen-bond donors (Lipinski definition) is 0. The Morgan fingerprint density at radius 2 is 1.77 bits per heavy atom. The van der Waals surface area contributed by atoms with E-state index in [9.17, 15) is 4.79 Å². The van der Waals surface area contributed by atoms with E-state index >= 15 is 0 Å². The summed E-state index contributed by atoms with van der Waals surface area (Å²) in [4.78, 5) is 14.4. The second-order valence-electron chi connectivity index (χ2n) is 6.36. The average Bonchev–Trinajstić information content (AvgIpc) is 2.65. The topological polar surface area (TPSA) is 48.0 Å². The molecule has 5 nitrogen and oxygen atoms in total. The highest BCUT2D eigenvalue weighted by atomic mass is 16.6. The number of para-hydroxylation sites is 2. The highest BCUT2D eigenvalue weighted by Crippen LogP contribution is 2.34. The normalized spacial score (nSPS) is 12.6. The summed E-state index contributed by atoms with van der Waals surface area (Å²) >= 11 is 0. The minimum Gasteiger partial charge on any atom is -0.486 e. The van der Waals surface area contributed by atoms with Gasteiger partial charge in [-0.25, -0.2) is 0 Å². The number of carbonyl (C=O) groups is 1. The number of aryl methyl sites for hydroxylation is 2. The minimum atomic E-state index is -0.0514. The zero-order chi connectivity index (χ0) is 18.5. The first-order valence-electron chi connectivity index (χ1n) is 8.94. The Kier molecular flexibility index (Phi) is 5.66. The molecule has 0 radical (unpaired) electrons. The predicted molar refractivity (Wildman–Crippen MR) is 99.9 cm³/mol. The molecule has 1 heterocycles. The van der Waals surface area contributed by atoms with Crippen LogP contribution in [0.4, 0.5) is 0 Å². The SMILES string of the molecule is CCN(Cc1cccc2c1OCCO2)C(=O)COc1c(C)cccc1C. The fraction of sp³-hybridized carbons (Fsp3) is 0.381. The van der Waals surface area contributed by atoms with Crippen LogP contribution in [0.3, 0.4) is 0 Å². The van der Waals surface area contributed by atoms with Gasteiger partial charge in [-0.05, 0) is 38.0 Å². The molecule has 0 bridgehead atoms. The van der Waals surface area contributed by atoms with Crippen LogP contribution in [0, 0.1) is 13.8 Å². The molecule has 1 aliphatic heterocycles. The van der Waals surface area contributed by atoms with Crippen LogP contribution in [0.1, 0.15) is 23.6 Å². The lowest BCUT2D eigenvalue weighted by Gasteiger charge is -2.25. The Morgan fingerprint density at radius 1 is 1.08 bits per heavy atom. The zero-order valence-electron chi connectivity index (χ0n) is 15.6. The Labute approximate surface area is 154 Å². The minimum absolute atomic E-state index is 0.0198. The van der Waals surface area contributed by atoms with Gasteiger partial charge >= 0.3 is 0 Å². The van der Waals surface area contributed by atoms with E-state index in [2.05, 4.69) is 0 Å². The molecular formula is C21H25NO4. The van der Waals surface area contributed by atoms with Crippen LogP contribution < -0.4 is 14.2 Å². The summed E-state index contributed by atoms with van der Waals surface area (Å²) in [5, 5.41) is 0. The average molecular weight is 355 g/mol. The lowest BCUT2D eigenvalue weighted by atomic mass is 10.1. The fourth-order valence-electron chi connectivity index (χ4n) is 3.09. The second kappa shape index (κ2) is 8.13. The summed E-state index contributed by atoms with van der Waals surface area (Å²) in [6.07, 6.45) is 0. The van der Waals surface area contributed by atoms with E-state index in [0.29, 0.717) is 26.3 Å². The molecule has 2 aromatic carbocycles. The lowest BCUT2D eigenvalue weighted by molar-refractivity contribution is -0.133. The first kappa shape index (κ1) is 18.1. The van der Waals surface area contributed by atoms with Crippen molar-refractivity contribution in [1.82, 2.24) is 4.90 Å². The van der Waals surface area contributed by atoms with Gasteiger partial charge in [0.2, 0.25) is 0 Å². The molecule has 138 valence electrons. The summed E-state index contributed by atoms with van der Waals surface area (Å²) in [6, 6.07) is 11.7. The molecule has 0 spiro atoms. The fourth-order valence-corrected chi connectivity index (χ4v) is 3.09. The van der Waals surface area contributed by atoms with Crippen LogP contribution in [0.2, 0.25) is 0 Å². The van der Waals surface area contributed by atoms with Gasteiger partial charge in [-0.1, -0.05) is 30.3 Å². The standard InChI is InChI=1S/C21H25NO4/c1-4-22(13-17-9-6-10-18-21(17)25-12-11-24-18)19(23)14-26-20-15(2)7-5-8-16(20)3/h5-10H,4,11-14H2,1-3H3. The number of nitrogens with zero attached hydrogens (tertiary/aromatic N) is 1. The lowest BCUT2D eigenvalue weighted by Crippen LogP contribution is -2.34. The van der Waals surface area contributed by atoms with Crippen molar-refractivity contribution in [3.8, 4) is 17.2 Å². The molecule has 1 aliphatic rings. The number of amides is 1. The first-order chi connectivity index (χ1) is 12.6. The molecule has 1 amide bonds. The van der Waals surface area contributed by atoms with E-state index in [1.807, 2.05) is 57.2 Å². The van der Waals surface area contributed by atoms with E-state index in [1.54, 1.807) is 4.90 Å². The Morgan fingerprint density at radius 3 is 2.50 bits per heavy atom. The maximum Gasteiger partial charge on any atom is 0.260 e. The van der Waals surface area contributed by atoms with Gasteiger partial charge < -0.3 is 19.1 Å². The quantitative estimate of drug-likeness (QED) is 0.796. The number of ether oxygens (including phenoxy) is 3. The highest BCUT2D eigenvalue weighted by Gasteiger charge is 2.20. The third kappa shape index (κ3) is 3.93. The maximum atomic E-state index is 12.7. The summed E-state index contributed by atoms with van der Waals surface area (Å²) < 4.78 is 17.2. The van der Waals surface area contributed by atoms with Crippen molar-refractivity contribution in [1.29, 1.82) is 0 Å². The van der Waals surface area contributed by atoms with E-state index in [0.717, 1.165) is 33.9 Å². The molecule has 0 fully saturated rings. The highest BCUT2D eigenvalue weighted by molar-refractivity contribution is 5.78. The van der Waals surface area contributed by atoms with Gasteiger partial charge in [0.05, 0.1) is 0 Å². The molecule has 0 aromatic heterocycles. The number of rotatable bonds is 6. The molecular weight excluding hydrogens is 330 g/mol. The largest absolute Gasteiger partial charge is 0.486 e. The summed E-state index contributed by atoms with van der Waals surface area (Å²) in [5.74, 6) is 2.21. The number of likely N-dealkylation sites (N-methyl/N-ethyl adjacent to an activating group) is 1. The molecule has 0 N–H and O–H groups in total. The molecule has 5 heteroatoms. The smallest absolute Gasteiger partial charge is 0.260 e. The van der Waals surface area contributed by atoms with Crippen molar-refractivity contribution < 1.29 is 19.0 Å². The van der Waals surface area contributed by atoms with E-state index < -0.39 is 0 Å². The van der Waals surface area contributed by atoms with Gasteiger partial charge in [0, 0.05) is 18.7 Å². The van der Waals surface area contributed by atoms with Crippen LogP contribution in [0.5, 0.6) is 17.2 Å². The maximum absolute atomic E-state index is 12.7. The number of benzene rings is 2. The van der Waals surface area contributed by atoms with E-state index in [1.165, 1.54) is 0 Å². The molecule has 2 aromatic rings. The molecule has 3 rings (SSSR count). The number of hydrogen-bond acceptors (Lipinski definition) is 4. The van der Waals surface area contributed by atoms with Crippen molar-refractivity contribution in [2.75, 3.05) is 26.4 Å². The molecule has 0 saturated carbocycles. The Hall–Kier alpha value is -2.69. The van der Waals surface area contributed by atoms with Crippen molar-refractivity contribution in [2.24, 2.45) is 0 Å². The van der Waals surface area contributed by atoms with E-state index in [-0.39, 0.29) is 12.5 Å². The summed E-state index contributed by atoms with van der Waals surface area (Å²) in [7, 11) is 0. The number of carbonyl (C=O) groups excluding carboxylic acids is 1. The van der Waals surface area contributed by atoms with Crippen molar-refractivity contribution in [3.05, 3.63) is 53.1 Å². The zero-order valence-corrected chi connectivity index (χ0v) is 15.6. The van der Waals surface area contributed by atoms with Crippen LogP contribution in [0.15, 0.2) is 36.4 Å². The van der Waals surface area contributed by atoms with Gasteiger partial charge in [0.15, 0.2) is 18.1 Å². The van der Waals surface area contributed by atoms with Crippen LogP contribution in [-0.4, -0.2) is 37.2 Å². The van der Waals surface area contributed by atoms with Crippen LogP contribution in [0.25, 0.3) is 0 Å². The third-order valence-corrected chi connectivity index (χ3v) is 4.49. The molecule has 0 saturated heterocycles. The van der Waals surface area contributed by atoms with Crippen molar-refractivity contribution >= 4 is 5.91 Å². The van der Waals surface area contributed by atoms with Crippen molar-refractivity contribution in [2.45, 2.75) is 27.3 Å². The Bertz CT molecular complexity index is 767. The molecule has 26 heavy (non-hydrogen) atoms. The third-order valence-electron chi connectivity index (χ3n) is 4.49. The number of fused-ring (bicyclic) bond motifs is 1. The van der Waals surface area contributed by atoms with Crippen molar-refractivity contribution in [3.63, 3.8) is 0 Å². The molecule has 0 aliphatic carbocycles. The van der Waals surface area contributed by atoms with Crippen LogP contribution >= 0.6 is 0 Å². The van der Waals surface area contributed by atoms with Gasteiger partial charge in [-0.3, -0.25) is 4.79 Å². The van der Waals surface area contributed by atoms with Gasteiger partial charge in [0.1, 0.15) is 19.0 Å². The van der Waals surface area contributed by atoms with Crippen LogP contribution in [-0.2, 0) is 11.3 Å². The first-order valence-corrected chi connectivity index (χ1v) is 8.94. The predicted octanol–water partition coefficient (Wildman–Crippen LogP) is 3.50. The van der Waals surface area contributed by atoms with Gasteiger partial charge in [0.25, 0.3) is 5.91 Å². The monoisotopic (exact) mass is 355 g/mol. The van der Waals surface area contributed by atoms with Gasteiger partial charge in [-0.15, -0.1) is 0 Å². The van der Waals surface area contributed by atoms with E-state index in [4.69, 9.17) is 14.2 Å². The van der Waals surface area contributed by atoms with Gasteiger partial charge in [-0.2, -0.15) is 0 Å². The second-order valence-corrected chi connectivity index (χ2v) is 6.36. The molecule has 0 atom stereocenters.